The summed E-state index contributed by atoms with van der Waals surface area (Å²) in [5.74, 6) is -16.7. The van der Waals surface area contributed by atoms with Gasteiger partial charge in [-0.25, -0.2) is 9.97 Å². The van der Waals surface area contributed by atoms with Gasteiger partial charge in [0.05, 0.1) is 5.52 Å². The lowest BCUT2D eigenvalue weighted by Gasteiger charge is -2.23. The molecule has 1 aromatic carbocycles. The molecule has 12 heteroatoms. The molecule has 0 unspecified atom stereocenters. The van der Waals surface area contributed by atoms with Gasteiger partial charge in [0.25, 0.3) is 0 Å². The van der Waals surface area contributed by atoms with Gasteiger partial charge in [0.1, 0.15) is 15.0 Å². The van der Waals surface area contributed by atoms with E-state index in [2.05, 4.69) is 41.8 Å². The second kappa shape index (κ2) is 5.16. The Morgan fingerprint density at radius 2 is 1.30 bits per heavy atom. The third-order valence-electron chi connectivity index (χ3n) is 4.46. The first-order valence-electron chi connectivity index (χ1n) is 7.14. The van der Waals surface area contributed by atoms with Crippen molar-refractivity contribution in [2.75, 3.05) is 11.5 Å². The van der Waals surface area contributed by atoms with Gasteiger partial charge < -0.3 is 11.5 Å². The van der Waals surface area contributed by atoms with Crippen LogP contribution in [0.15, 0.2) is 21.3 Å². The summed E-state index contributed by atoms with van der Waals surface area (Å²) in [7, 11) is 0. The Kier molecular flexibility index (Phi) is 3.54. The van der Waals surface area contributed by atoms with Crippen molar-refractivity contribution in [2.24, 2.45) is 0 Å². The molecule has 4 N–H and O–H groups in total. The molecule has 1 aliphatic rings. The molecule has 142 valence electrons. The Morgan fingerprint density at radius 1 is 0.778 bits per heavy atom. The summed E-state index contributed by atoms with van der Waals surface area (Å²) >= 11 is 6.04. The van der Waals surface area contributed by atoms with Crippen molar-refractivity contribution < 1.29 is 26.3 Å². The summed E-state index contributed by atoms with van der Waals surface area (Å²) in [6, 6.07) is 2.25. The summed E-state index contributed by atoms with van der Waals surface area (Å²) in [5.41, 5.74) is 7.53. The van der Waals surface area contributed by atoms with Crippen LogP contribution in [0.4, 0.5) is 37.8 Å². The number of nitrogens with two attached hydrogens (primary N) is 2. The maximum absolute atomic E-state index is 14.6. The van der Waals surface area contributed by atoms with E-state index < -0.39 is 51.2 Å². The van der Waals surface area contributed by atoms with E-state index in [1.165, 1.54) is 6.07 Å². The smallest absolute Gasteiger partial charge is 0.380 e. The largest absolute Gasteiger partial charge is 0.398 e. The Hall–Kier alpha value is -1.82. The van der Waals surface area contributed by atoms with E-state index in [1.807, 2.05) is 0 Å². The fraction of sp³-hybridized carbons (Fsp3) is 0.200. The van der Waals surface area contributed by atoms with Crippen LogP contribution in [-0.4, -0.2) is 15.9 Å². The van der Waals surface area contributed by atoms with E-state index in [-0.39, 0.29) is 20.1 Å². The molecule has 0 bridgehead atoms. The van der Waals surface area contributed by atoms with Crippen molar-refractivity contribution in [3.63, 3.8) is 0 Å². The zero-order chi connectivity index (χ0) is 20.1. The number of pyridine rings is 2. The first kappa shape index (κ1) is 18.5. The van der Waals surface area contributed by atoms with Gasteiger partial charge in [-0.05, 0) is 44.0 Å². The second-order valence-electron chi connectivity index (χ2n) is 5.98. The highest BCUT2D eigenvalue weighted by molar-refractivity contribution is 9.10. The van der Waals surface area contributed by atoms with Crippen molar-refractivity contribution in [2.45, 2.75) is 17.8 Å². The lowest BCUT2D eigenvalue weighted by atomic mass is 9.94. The molecule has 0 saturated heterocycles. The van der Waals surface area contributed by atoms with Crippen LogP contribution in [0.1, 0.15) is 11.1 Å². The SMILES string of the molecule is Nc1nc(Br)cc2c1c1c(c3c(N)cc(Br)nc32)C(F)(F)C(F)(F)C1(F)F. The number of halogens is 8. The number of hydrogen-bond acceptors (Lipinski definition) is 4. The molecule has 4 rings (SSSR count). The van der Waals surface area contributed by atoms with Crippen molar-refractivity contribution in [3.05, 3.63) is 32.5 Å². The predicted octanol–water partition coefficient (Wildman–Crippen LogP) is 5.30. The van der Waals surface area contributed by atoms with Gasteiger partial charge in [0.2, 0.25) is 0 Å². The number of aromatic nitrogens is 2. The molecule has 0 atom stereocenters. The van der Waals surface area contributed by atoms with Crippen LogP contribution in [0.3, 0.4) is 0 Å². The first-order chi connectivity index (χ1) is 12.3. The number of anilines is 2. The molecule has 4 nitrogen and oxygen atoms in total. The van der Waals surface area contributed by atoms with Gasteiger partial charge in [0.15, 0.2) is 0 Å². The lowest BCUT2D eigenvalue weighted by Crippen LogP contribution is -2.43. The molecule has 2 aromatic heterocycles. The van der Waals surface area contributed by atoms with Gasteiger partial charge in [-0.1, -0.05) is 0 Å². The molecule has 0 aliphatic heterocycles. The van der Waals surface area contributed by atoms with Crippen LogP contribution in [0.5, 0.6) is 0 Å². The number of benzene rings is 1. The number of nitrogens with zero attached hydrogens (tertiary/aromatic N) is 2. The zero-order valence-electron chi connectivity index (χ0n) is 12.7. The van der Waals surface area contributed by atoms with Crippen molar-refractivity contribution in [1.29, 1.82) is 0 Å². The molecular formula is C15H6Br2F6N4. The van der Waals surface area contributed by atoms with Crippen molar-refractivity contribution in [1.82, 2.24) is 9.97 Å². The first-order valence-corrected chi connectivity index (χ1v) is 8.72. The van der Waals surface area contributed by atoms with Crippen LogP contribution in [-0.2, 0) is 11.8 Å². The molecule has 0 radical (unpaired) electrons. The van der Waals surface area contributed by atoms with E-state index >= 15 is 0 Å². The Bertz CT molecular complexity index is 1080. The molecule has 0 spiro atoms. The average Bonchev–Trinajstić information content (AvgIpc) is 2.62. The second-order valence-corrected chi connectivity index (χ2v) is 7.61. The van der Waals surface area contributed by atoms with Gasteiger partial charge in [-0.2, -0.15) is 26.3 Å². The fourth-order valence-corrected chi connectivity index (χ4v) is 4.20. The minimum atomic E-state index is -5.69. The molecular weight excluding hydrogens is 510 g/mol. The van der Waals surface area contributed by atoms with Crippen LogP contribution in [0.2, 0.25) is 0 Å². The van der Waals surface area contributed by atoms with Gasteiger partial charge in [-0.3, -0.25) is 0 Å². The maximum atomic E-state index is 14.6. The Morgan fingerprint density at radius 3 is 1.89 bits per heavy atom. The molecule has 0 amide bonds. The molecule has 2 heterocycles. The van der Waals surface area contributed by atoms with Gasteiger partial charge >= 0.3 is 17.8 Å². The number of nitrogen functional groups attached to an aromatic ring is 2. The summed E-state index contributed by atoms with van der Waals surface area (Å²) in [5, 5.41) is -1.56. The Balaban J connectivity index is 2.44. The zero-order valence-corrected chi connectivity index (χ0v) is 15.9. The predicted molar refractivity (Wildman–Crippen MR) is 94.0 cm³/mol. The minimum absolute atomic E-state index is 0.0777. The molecule has 0 fully saturated rings. The van der Waals surface area contributed by atoms with Gasteiger partial charge in [-0.15, -0.1) is 0 Å². The van der Waals surface area contributed by atoms with Crippen LogP contribution >= 0.6 is 31.9 Å². The third kappa shape index (κ3) is 2.05. The van der Waals surface area contributed by atoms with Crippen LogP contribution in [0.25, 0.3) is 21.7 Å². The highest BCUT2D eigenvalue weighted by atomic mass is 79.9. The monoisotopic (exact) mass is 514 g/mol. The molecule has 0 saturated carbocycles. The number of rotatable bonds is 0. The third-order valence-corrected chi connectivity index (χ3v) is 5.27. The number of fused-ring (bicyclic) bond motifs is 6. The van der Waals surface area contributed by atoms with E-state index in [9.17, 15) is 26.3 Å². The number of alkyl halides is 6. The highest BCUT2D eigenvalue weighted by Crippen LogP contribution is 2.66. The topological polar surface area (TPSA) is 77.8 Å². The summed E-state index contributed by atoms with van der Waals surface area (Å²) in [6.07, 6.45) is 0. The average molecular weight is 516 g/mol. The van der Waals surface area contributed by atoms with Crippen molar-refractivity contribution >= 4 is 65.0 Å². The van der Waals surface area contributed by atoms with Crippen LogP contribution in [0, 0.1) is 0 Å². The number of hydrogen-bond donors (Lipinski definition) is 2. The van der Waals surface area contributed by atoms with Crippen molar-refractivity contribution in [3.8, 4) is 0 Å². The van der Waals surface area contributed by atoms with Crippen LogP contribution < -0.4 is 11.5 Å². The fourth-order valence-electron chi connectivity index (χ4n) is 3.36. The summed E-state index contributed by atoms with van der Waals surface area (Å²) in [6.45, 7) is 0. The lowest BCUT2D eigenvalue weighted by molar-refractivity contribution is -0.301. The van der Waals surface area contributed by atoms with Gasteiger partial charge in [0, 0.05) is 33.0 Å². The maximum Gasteiger partial charge on any atom is 0.380 e. The normalized spacial score (nSPS) is 19.6. The molecule has 1 aliphatic carbocycles. The minimum Gasteiger partial charge on any atom is -0.398 e. The molecule has 3 aromatic rings. The van der Waals surface area contributed by atoms with E-state index in [4.69, 9.17) is 11.5 Å². The quantitative estimate of drug-likeness (QED) is 0.242. The standard InChI is InChI=1S/C15H6Br2F6N4/c16-5-1-3-7(12(25)27-5)9-10(8-4(24)2-6(17)26-11(3)8)14(20,21)15(22,23)13(9,18)19/h1-2H,(H2,24,26)(H2,25,27). The Labute approximate surface area is 163 Å². The summed E-state index contributed by atoms with van der Waals surface area (Å²) < 4.78 is 86.7. The van der Waals surface area contributed by atoms with E-state index in [1.54, 1.807) is 0 Å². The van der Waals surface area contributed by atoms with E-state index in [0.29, 0.717) is 0 Å². The summed E-state index contributed by atoms with van der Waals surface area (Å²) in [4.78, 5) is 7.69. The molecule has 27 heavy (non-hydrogen) atoms. The highest BCUT2D eigenvalue weighted by Gasteiger charge is 2.80. The van der Waals surface area contributed by atoms with E-state index in [0.717, 1.165) is 6.07 Å².